The van der Waals surface area contributed by atoms with Crippen molar-refractivity contribution in [2.75, 3.05) is 10.6 Å². The molecule has 0 aliphatic rings. The van der Waals surface area contributed by atoms with Crippen LogP contribution in [0.15, 0.2) is 36.4 Å². The van der Waals surface area contributed by atoms with Gasteiger partial charge < -0.3 is 10.6 Å². The number of carbonyl (C=O) groups is 1. The smallest absolute Gasteiger partial charge is 0.307 e. The van der Waals surface area contributed by atoms with Crippen molar-refractivity contribution in [3.63, 3.8) is 0 Å². The maximum Gasteiger partial charge on any atom is 0.323 e. The molecular weight excluding hydrogens is 279 g/mol. The van der Waals surface area contributed by atoms with Crippen LogP contribution in [0.25, 0.3) is 0 Å². The fourth-order valence-corrected chi connectivity index (χ4v) is 2.02. The summed E-state index contributed by atoms with van der Waals surface area (Å²) in [6.07, 6.45) is 0. The van der Waals surface area contributed by atoms with Crippen LogP contribution in [-0.4, -0.2) is 6.03 Å². The molecule has 2 rings (SSSR count). The topological polar surface area (TPSA) is 41.1 Å². The second-order valence-corrected chi connectivity index (χ2v) is 4.88. The number of aryl methyl sites for hydroxylation is 1. The number of anilines is 2. The average Bonchev–Trinajstić information content (AvgIpc) is 2.38. The summed E-state index contributed by atoms with van der Waals surface area (Å²) < 4.78 is 13.4. The maximum atomic E-state index is 13.4. The van der Waals surface area contributed by atoms with Crippen LogP contribution >= 0.6 is 11.6 Å². The van der Waals surface area contributed by atoms with Crippen molar-refractivity contribution >= 4 is 29.0 Å². The van der Waals surface area contributed by atoms with Gasteiger partial charge >= 0.3 is 6.03 Å². The number of hydrogen-bond acceptors (Lipinski definition) is 1. The molecule has 0 aliphatic heterocycles. The van der Waals surface area contributed by atoms with Gasteiger partial charge in [-0.05, 0) is 43.7 Å². The van der Waals surface area contributed by atoms with Crippen LogP contribution in [-0.2, 0) is 0 Å². The predicted molar refractivity (Wildman–Crippen MR) is 80.0 cm³/mol. The lowest BCUT2D eigenvalue weighted by Crippen LogP contribution is -2.20. The van der Waals surface area contributed by atoms with Gasteiger partial charge in [0.25, 0.3) is 0 Å². The number of halogens is 2. The van der Waals surface area contributed by atoms with Gasteiger partial charge in [0.05, 0.1) is 10.7 Å². The highest BCUT2D eigenvalue weighted by molar-refractivity contribution is 6.33. The van der Waals surface area contributed by atoms with Crippen molar-refractivity contribution < 1.29 is 9.18 Å². The third-order valence-electron chi connectivity index (χ3n) is 2.89. The van der Waals surface area contributed by atoms with Crippen molar-refractivity contribution in [2.24, 2.45) is 0 Å². The molecule has 0 atom stereocenters. The molecule has 0 spiro atoms. The molecule has 0 unspecified atom stereocenters. The zero-order valence-electron chi connectivity index (χ0n) is 11.1. The van der Waals surface area contributed by atoms with Crippen LogP contribution < -0.4 is 10.6 Å². The summed E-state index contributed by atoms with van der Waals surface area (Å²) in [5.74, 6) is -0.365. The van der Waals surface area contributed by atoms with Gasteiger partial charge in [-0.3, -0.25) is 0 Å². The Kier molecular flexibility index (Phi) is 4.25. The Labute approximate surface area is 121 Å². The summed E-state index contributed by atoms with van der Waals surface area (Å²) in [4.78, 5) is 11.9. The summed E-state index contributed by atoms with van der Waals surface area (Å²) in [6.45, 7) is 3.51. The van der Waals surface area contributed by atoms with Crippen LogP contribution in [0.4, 0.5) is 20.6 Å². The number of urea groups is 1. The van der Waals surface area contributed by atoms with Crippen molar-refractivity contribution in [3.05, 3.63) is 58.4 Å². The Morgan fingerprint density at radius 1 is 1.10 bits per heavy atom. The van der Waals surface area contributed by atoms with Crippen molar-refractivity contribution in [3.8, 4) is 0 Å². The quantitative estimate of drug-likeness (QED) is 0.824. The molecule has 0 fully saturated rings. The van der Waals surface area contributed by atoms with Gasteiger partial charge in [0.15, 0.2) is 0 Å². The highest BCUT2D eigenvalue weighted by Gasteiger charge is 2.09. The molecule has 2 N–H and O–H groups in total. The first-order valence-corrected chi connectivity index (χ1v) is 6.44. The van der Waals surface area contributed by atoms with Crippen molar-refractivity contribution in [1.29, 1.82) is 0 Å². The van der Waals surface area contributed by atoms with Crippen LogP contribution in [0.3, 0.4) is 0 Å². The zero-order valence-corrected chi connectivity index (χ0v) is 11.9. The zero-order chi connectivity index (χ0) is 14.7. The Balaban J connectivity index is 2.11. The van der Waals surface area contributed by atoms with E-state index in [2.05, 4.69) is 10.6 Å². The van der Waals surface area contributed by atoms with Crippen LogP contribution in [0, 0.1) is 19.7 Å². The van der Waals surface area contributed by atoms with Gasteiger partial charge in [0.2, 0.25) is 0 Å². The summed E-state index contributed by atoms with van der Waals surface area (Å²) >= 11 is 6.03. The predicted octanol–water partition coefficient (Wildman–Crippen LogP) is 4.74. The molecule has 0 bridgehead atoms. The third-order valence-corrected chi connectivity index (χ3v) is 3.20. The van der Waals surface area contributed by atoms with E-state index in [9.17, 15) is 9.18 Å². The molecule has 0 saturated carbocycles. The van der Waals surface area contributed by atoms with Crippen LogP contribution in [0.1, 0.15) is 11.1 Å². The average molecular weight is 293 g/mol. The lowest BCUT2D eigenvalue weighted by molar-refractivity contribution is 0.262. The van der Waals surface area contributed by atoms with Gasteiger partial charge in [-0.1, -0.05) is 23.7 Å². The molecule has 3 nitrogen and oxygen atoms in total. The van der Waals surface area contributed by atoms with Crippen LogP contribution in [0.5, 0.6) is 0 Å². The Morgan fingerprint density at radius 3 is 2.50 bits per heavy atom. The fourth-order valence-electron chi connectivity index (χ4n) is 1.74. The highest BCUT2D eigenvalue weighted by atomic mass is 35.5. The number of hydrogen-bond donors (Lipinski definition) is 2. The van der Waals surface area contributed by atoms with E-state index in [-0.39, 0.29) is 5.82 Å². The molecule has 0 heterocycles. The number of amides is 2. The molecule has 0 aromatic heterocycles. The van der Waals surface area contributed by atoms with E-state index in [4.69, 9.17) is 11.6 Å². The summed E-state index contributed by atoms with van der Waals surface area (Å²) in [7, 11) is 0. The van der Waals surface area contributed by atoms with E-state index < -0.39 is 6.03 Å². The lowest BCUT2D eigenvalue weighted by Gasteiger charge is -2.11. The summed E-state index contributed by atoms with van der Waals surface area (Å²) in [5, 5.41) is 5.68. The minimum atomic E-state index is -0.468. The SMILES string of the molecule is Cc1ccc(NC(=O)Nc2cccc(F)c2C)c(Cl)c1. The molecule has 5 heteroatoms. The summed E-state index contributed by atoms with van der Waals surface area (Å²) in [5.41, 5.74) is 2.31. The molecule has 2 amide bonds. The molecule has 0 saturated heterocycles. The molecular formula is C15H14ClFN2O. The largest absolute Gasteiger partial charge is 0.323 e. The summed E-state index contributed by atoms with van der Waals surface area (Å²) in [6, 6.07) is 9.36. The van der Waals surface area contributed by atoms with E-state index in [1.165, 1.54) is 12.1 Å². The number of benzene rings is 2. The second-order valence-electron chi connectivity index (χ2n) is 4.47. The van der Waals surface area contributed by atoms with E-state index in [1.807, 2.05) is 13.0 Å². The van der Waals surface area contributed by atoms with Gasteiger partial charge in [0, 0.05) is 11.3 Å². The first kappa shape index (κ1) is 14.3. The first-order valence-electron chi connectivity index (χ1n) is 6.06. The van der Waals surface area contributed by atoms with E-state index in [0.717, 1.165) is 5.56 Å². The number of rotatable bonds is 2. The minimum Gasteiger partial charge on any atom is -0.307 e. The standard InChI is InChI=1S/C15H14ClFN2O/c1-9-6-7-14(11(16)8-9)19-15(20)18-13-5-3-4-12(17)10(13)2/h3-8H,1-2H3,(H2,18,19,20). The molecule has 0 aliphatic carbocycles. The number of carbonyl (C=O) groups excluding carboxylic acids is 1. The fraction of sp³-hybridized carbons (Fsp3) is 0.133. The monoisotopic (exact) mass is 292 g/mol. The first-order chi connectivity index (χ1) is 9.47. The van der Waals surface area contributed by atoms with Crippen molar-refractivity contribution in [2.45, 2.75) is 13.8 Å². The minimum absolute atomic E-state index is 0.365. The van der Waals surface area contributed by atoms with Gasteiger partial charge in [-0.25, -0.2) is 9.18 Å². The molecule has 104 valence electrons. The third kappa shape index (κ3) is 3.27. The lowest BCUT2D eigenvalue weighted by atomic mass is 10.2. The van der Waals surface area contributed by atoms with E-state index >= 15 is 0 Å². The van der Waals surface area contributed by atoms with Crippen molar-refractivity contribution in [1.82, 2.24) is 0 Å². The Bertz CT molecular complexity index is 658. The van der Waals surface area contributed by atoms with Crippen LogP contribution in [0.2, 0.25) is 5.02 Å². The molecule has 2 aromatic carbocycles. The Hall–Kier alpha value is -2.07. The molecule has 0 radical (unpaired) electrons. The second kappa shape index (κ2) is 5.92. The maximum absolute atomic E-state index is 13.4. The highest BCUT2D eigenvalue weighted by Crippen LogP contribution is 2.23. The van der Waals surface area contributed by atoms with Gasteiger partial charge in [-0.15, -0.1) is 0 Å². The van der Waals surface area contributed by atoms with E-state index in [0.29, 0.717) is 22.0 Å². The van der Waals surface area contributed by atoms with Gasteiger partial charge in [-0.2, -0.15) is 0 Å². The number of nitrogens with one attached hydrogen (secondary N) is 2. The molecule has 2 aromatic rings. The van der Waals surface area contributed by atoms with E-state index in [1.54, 1.807) is 25.1 Å². The molecule has 20 heavy (non-hydrogen) atoms. The van der Waals surface area contributed by atoms with Gasteiger partial charge in [0.1, 0.15) is 5.82 Å². The Morgan fingerprint density at radius 2 is 1.80 bits per heavy atom. The normalized spacial score (nSPS) is 10.2.